The number of nitrogens with one attached hydrogen (secondary N) is 1. The van der Waals surface area contributed by atoms with Gasteiger partial charge in [0.25, 0.3) is 0 Å². The number of Topliss-reactive ketones (excluding diaryl/α,β-unsaturated/α-hetero) is 1. The van der Waals surface area contributed by atoms with Crippen LogP contribution in [0.25, 0.3) is 0 Å². The second-order valence-corrected chi connectivity index (χ2v) is 11.4. The number of nitrogens with zero attached hydrogens (tertiary/aromatic N) is 1. The summed E-state index contributed by atoms with van der Waals surface area (Å²) in [7, 11) is 0. The van der Waals surface area contributed by atoms with Gasteiger partial charge in [-0.05, 0) is 75.0 Å². The number of ketones is 1. The van der Waals surface area contributed by atoms with Gasteiger partial charge in [-0.3, -0.25) is 20.0 Å². The van der Waals surface area contributed by atoms with Crippen LogP contribution in [0.1, 0.15) is 103 Å². The molecule has 1 unspecified atom stereocenters. The zero-order chi connectivity index (χ0) is 31.6. The van der Waals surface area contributed by atoms with Crippen molar-refractivity contribution >= 4 is 17.7 Å². The first-order chi connectivity index (χ1) is 20.6. The molecule has 5 N–H and O–H groups in total. The largest absolute Gasteiger partial charge is 0.425 e. The topological polar surface area (TPSA) is 166 Å². The van der Waals surface area contributed by atoms with Gasteiger partial charge in [0, 0.05) is 19.3 Å². The predicted octanol–water partition coefficient (Wildman–Crippen LogP) is 4.79. The second-order valence-electron chi connectivity index (χ2n) is 11.4. The number of allylic oxidation sites excluding steroid dienone is 2. The van der Waals surface area contributed by atoms with Crippen molar-refractivity contribution in [1.29, 1.82) is 0 Å². The number of aliphatic hydroxyl groups is 2. The summed E-state index contributed by atoms with van der Waals surface area (Å²) in [6.45, 7) is 3.62. The van der Waals surface area contributed by atoms with Crippen molar-refractivity contribution in [3.8, 4) is 5.75 Å². The molecule has 5 atom stereocenters. The number of benzene rings is 1. The van der Waals surface area contributed by atoms with Crippen LogP contribution in [0, 0.1) is 11.8 Å². The molecule has 1 aromatic rings. The van der Waals surface area contributed by atoms with Gasteiger partial charge in [0.1, 0.15) is 17.6 Å². The molecule has 0 aromatic heterocycles. The lowest BCUT2D eigenvalue weighted by molar-refractivity contribution is -0.497. The standard InChI is InChI=1S/C32H50N2O9/c1-3-4-5-6-9-12-25(35)17-20-28-27(29(36)21-30(28)37)13-10-7-8-11-14-31(38)33-23(2)32(39)43-26-18-15-24(16-19-26)22-42-34(40)41/h7,10,15-16,18-19,23,27-30,36-37,40-41H,3-6,8-9,11-14,17,20-22H2,1-2H3,(H,33,38)/b10-7-/t23?,27-,28-,29+,30-/m1/s1. The second kappa shape index (κ2) is 20.3. The Morgan fingerprint density at radius 1 is 0.953 bits per heavy atom. The molecule has 0 saturated heterocycles. The van der Waals surface area contributed by atoms with Gasteiger partial charge in [0.2, 0.25) is 5.91 Å². The molecule has 1 fully saturated rings. The molecule has 1 aliphatic carbocycles. The first-order valence-electron chi connectivity index (χ1n) is 15.5. The summed E-state index contributed by atoms with van der Waals surface area (Å²) in [5.41, 5.74) is 0.621. The Balaban J connectivity index is 1.65. The lowest BCUT2D eigenvalue weighted by Gasteiger charge is -2.22. The van der Waals surface area contributed by atoms with Crippen molar-refractivity contribution < 1.29 is 44.6 Å². The predicted molar refractivity (Wildman–Crippen MR) is 159 cm³/mol. The van der Waals surface area contributed by atoms with E-state index in [0.717, 1.165) is 19.3 Å². The molecule has 1 saturated carbocycles. The molecular formula is C32H50N2O9. The number of hydrogen-bond acceptors (Lipinski definition) is 10. The van der Waals surface area contributed by atoms with E-state index in [0.29, 0.717) is 50.5 Å². The van der Waals surface area contributed by atoms with Crippen molar-refractivity contribution in [3.05, 3.63) is 42.0 Å². The van der Waals surface area contributed by atoms with Gasteiger partial charge in [-0.2, -0.15) is 0 Å². The van der Waals surface area contributed by atoms with Crippen LogP contribution in [-0.2, 0) is 25.8 Å². The Morgan fingerprint density at radius 3 is 2.35 bits per heavy atom. The number of carbonyl (C=O) groups excluding carboxylic acids is 3. The maximum atomic E-state index is 12.3. The normalized spacial score (nSPS) is 20.9. The third-order valence-electron chi connectivity index (χ3n) is 7.91. The van der Waals surface area contributed by atoms with E-state index in [1.807, 2.05) is 12.2 Å². The monoisotopic (exact) mass is 606 g/mol. The van der Waals surface area contributed by atoms with Crippen molar-refractivity contribution in [2.45, 2.75) is 122 Å². The number of ether oxygens (including phenoxy) is 1. The minimum atomic E-state index is -0.844. The number of aliphatic hydroxyl groups excluding tert-OH is 2. The van der Waals surface area contributed by atoms with Crippen LogP contribution >= 0.6 is 0 Å². The van der Waals surface area contributed by atoms with Gasteiger partial charge < -0.3 is 20.3 Å². The van der Waals surface area contributed by atoms with Crippen LogP contribution in [0.2, 0.25) is 0 Å². The molecule has 0 aliphatic heterocycles. The molecule has 0 spiro atoms. The highest BCUT2D eigenvalue weighted by Crippen LogP contribution is 2.38. The smallest absolute Gasteiger partial charge is 0.333 e. The van der Waals surface area contributed by atoms with Crippen LogP contribution in [-0.4, -0.2) is 61.9 Å². The molecule has 242 valence electrons. The molecule has 0 bridgehead atoms. The van der Waals surface area contributed by atoms with Crippen LogP contribution in [0.5, 0.6) is 5.75 Å². The average Bonchev–Trinajstić information content (AvgIpc) is 3.24. The van der Waals surface area contributed by atoms with Gasteiger partial charge in [0.15, 0.2) is 0 Å². The van der Waals surface area contributed by atoms with Crippen molar-refractivity contribution in [2.75, 3.05) is 0 Å². The first kappa shape index (κ1) is 36.5. The fraction of sp³-hybridized carbons (Fsp3) is 0.656. The van der Waals surface area contributed by atoms with Crippen molar-refractivity contribution in [2.24, 2.45) is 11.8 Å². The first-order valence-corrected chi connectivity index (χ1v) is 15.5. The van der Waals surface area contributed by atoms with E-state index in [4.69, 9.17) is 15.2 Å². The minimum Gasteiger partial charge on any atom is -0.425 e. The third-order valence-corrected chi connectivity index (χ3v) is 7.91. The summed E-state index contributed by atoms with van der Waals surface area (Å²) in [4.78, 5) is 41.4. The van der Waals surface area contributed by atoms with Crippen LogP contribution in [0.4, 0.5) is 0 Å². The fourth-order valence-electron chi connectivity index (χ4n) is 5.40. The SMILES string of the molecule is CCCCCCCC(=O)CC[C@@H]1[C@@H](C/C=C\CCCC(=O)NC(C)C(=O)Oc2ccc(CON(O)O)cc2)[C@@H](O)C[C@H]1O. The molecular weight excluding hydrogens is 556 g/mol. The van der Waals surface area contributed by atoms with Gasteiger partial charge in [-0.1, -0.05) is 56.9 Å². The molecule has 1 amide bonds. The lowest BCUT2D eigenvalue weighted by Crippen LogP contribution is -2.40. The Labute approximate surface area is 254 Å². The lowest BCUT2D eigenvalue weighted by atomic mass is 9.86. The summed E-state index contributed by atoms with van der Waals surface area (Å²) >= 11 is 0. The van der Waals surface area contributed by atoms with Crippen LogP contribution in [0.15, 0.2) is 36.4 Å². The molecule has 1 aromatic carbocycles. The Bertz CT molecular complexity index is 999. The maximum Gasteiger partial charge on any atom is 0.333 e. The van der Waals surface area contributed by atoms with E-state index in [9.17, 15) is 24.6 Å². The summed E-state index contributed by atoms with van der Waals surface area (Å²) in [6.07, 6.45) is 12.4. The number of hydrogen-bond donors (Lipinski definition) is 5. The van der Waals surface area contributed by atoms with Gasteiger partial charge in [0.05, 0.1) is 24.2 Å². The molecule has 0 heterocycles. The minimum absolute atomic E-state index is 0.0867. The van der Waals surface area contributed by atoms with Crippen LogP contribution < -0.4 is 10.1 Å². The molecule has 11 nitrogen and oxygen atoms in total. The highest BCUT2D eigenvalue weighted by Gasteiger charge is 2.40. The summed E-state index contributed by atoms with van der Waals surface area (Å²) in [6, 6.07) is 5.40. The van der Waals surface area contributed by atoms with Crippen molar-refractivity contribution in [3.63, 3.8) is 0 Å². The summed E-state index contributed by atoms with van der Waals surface area (Å²) in [5, 5.41) is 40.3. The third kappa shape index (κ3) is 14.6. The zero-order valence-electron chi connectivity index (χ0n) is 25.5. The van der Waals surface area contributed by atoms with Gasteiger partial charge in [-0.15, -0.1) is 0 Å². The van der Waals surface area contributed by atoms with E-state index in [2.05, 4.69) is 17.1 Å². The van der Waals surface area contributed by atoms with Gasteiger partial charge >= 0.3 is 5.97 Å². The number of esters is 1. The molecule has 1 aliphatic rings. The van der Waals surface area contributed by atoms with E-state index in [-0.39, 0.29) is 47.7 Å². The highest BCUT2D eigenvalue weighted by molar-refractivity contribution is 5.85. The zero-order valence-corrected chi connectivity index (χ0v) is 25.5. The molecule has 43 heavy (non-hydrogen) atoms. The quantitative estimate of drug-likeness (QED) is 0.0432. The van der Waals surface area contributed by atoms with Crippen molar-refractivity contribution in [1.82, 2.24) is 10.7 Å². The molecule has 0 radical (unpaired) electrons. The number of carbonyl (C=O) groups is 3. The average molecular weight is 607 g/mol. The highest BCUT2D eigenvalue weighted by atomic mass is 17.1. The Kier molecular flexibility index (Phi) is 17.3. The number of amides is 1. The van der Waals surface area contributed by atoms with E-state index >= 15 is 0 Å². The summed E-state index contributed by atoms with van der Waals surface area (Å²) in [5.74, 6) is -0.560. The van der Waals surface area contributed by atoms with E-state index in [1.54, 1.807) is 19.1 Å². The Hall–Kier alpha value is -2.67. The fourth-order valence-corrected chi connectivity index (χ4v) is 5.40. The van der Waals surface area contributed by atoms with Crippen LogP contribution in [0.3, 0.4) is 0 Å². The number of rotatable bonds is 21. The molecule has 11 heteroatoms. The van der Waals surface area contributed by atoms with E-state index < -0.39 is 24.2 Å². The number of unbranched alkanes of at least 4 members (excludes halogenated alkanes) is 5. The maximum absolute atomic E-state index is 12.3. The van der Waals surface area contributed by atoms with E-state index in [1.165, 1.54) is 25.0 Å². The molecule has 2 rings (SSSR count). The van der Waals surface area contributed by atoms with Gasteiger partial charge in [-0.25, -0.2) is 9.63 Å². The summed E-state index contributed by atoms with van der Waals surface area (Å²) < 4.78 is 5.28. The Morgan fingerprint density at radius 2 is 1.65 bits per heavy atom.